The highest BCUT2D eigenvalue weighted by atomic mass is 32.2. The van der Waals surface area contributed by atoms with Gasteiger partial charge in [0.25, 0.3) is 0 Å². The first-order chi connectivity index (χ1) is 14.4. The van der Waals surface area contributed by atoms with E-state index in [4.69, 9.17) is 9.72 Å². The molecule has 0 aliphatic carbocycles. The van der Waals surface area contributed by atoms with Crippen molar-refractivity contribution in [1.29, 1.82) is 5.26 Å². The van der Waals surface area contributed by atoms with Gasteiger partial charge < -0.3 is 9.64 Å². The van der Waals surface area contributed by atoms with Gasteiger partial charge in [0.15, 0.2) is 11.1 Å². The molecule has 4 rings (SSSR count). The van der Waals surface area contributed by atoms with E-state index in [1.165, 1.54) is 0 Å². The Morgan fingerprint density at radius 1 is 1.03 bits per heavy atom. The third-order valence-corrected chi connectivity index (χ3v) is 7.23. The van der Waals surface area contributed by atoms with Crippen molar-refractivity contribution < 1.29 is 13.2 Å². The summed E-state index contributed by atoms with van der Waals surface area (Å²) < 4.78 is 32.4. The largest absolute Gasteiger partial charge is 0.378 e. The van der Waals surface area contributed by atoms with Crippen LogP contribution in [0.1, 0.15) is 22.1 Å². The van der Waals surface area contributed by atoms with Gasteiger partial charge in [0.1, 0.15) is 5.69 Å². The van der Waals surface area contributed by atoms with Crippen molar-refractivity contribution in [2.75, 3.05) is 31.2 Å². The predicted molar refractivity (Wildman–Crippen MR) is 114 cm³/mol. The molecule has 1 aliphatic rings. The maximum absolute atomic E-state index is 13.5. The summed E-state index contributed by atoms with van der Waals surface area (Å²) in [6.07, 6.45) is 0. The zero-order chi connectivity index (χ0) is 21.3. The fraction of sp³-hybridized carbons (Fsp3) is 0.318. The van der Waals surface area contributed by atoms with Crippen molar-refractivity contribution >= 4 is 26.7 Å². The molecule has 1 atom stereocenters. The van der Waals surface area contributed by atoms with Gasteiger partial charge in [-0.15, -0.1) is 0 Å². The van der Waals surface area contributed by atoms with E-state index < -0.39 is 15.1 Å². The van der Waals surface area contributed by atoms with Gasteiger partial charge >= 0.3 is 0 Å². The van der Waals surface area contributed by atoms with Crippen LogP contribution in [0.15, 0.2) is 47.4 Å². The summed E-state index contributed by atoms with van der Waals surface area (Å²) >= 11 is 0. The highest BCUT2D eigenvalue weighted by Gasteiger charge is 2.35. The van der Waals surface area contributed by atoms with E-state index in [1.54, 1.807) is 24.3 Å². The lowest BCUT2D eigenvalue weighted by Gasteiger charge is -2.30. The number of rotatable bonds is 4. The van der Waals surface area contributed by atoms with Crippen LogP contribution in [0.4, 0.5) is 5.82 Å². The topological polar surface area (TPSA) is 96.2 Å². The minimum Gasteiger partial charge on any atom is -0.378 e. The molecule has 1 aliphatic heterocycles. The first-order valence-corrected chi connectivity index (χ1v) is 11.3. The number of aromatic nitrogens is 2. The molecule has 1 aromatic heterocycles. The minimum absolute atomic E-state index is 0.111. The van der Waals surface area contributed by atoms with E-state index in [0.29, 0.717) is 43.2 Å². The lowest BCUT2D eigenvalue weighted by Crippen LogP contribution is -2.38. The molecular formula is C22H22N4O3S. The van der Waals surface area contributed by atoms with Crippen molar-refractivity contribution in [3.8, 4) is 6.07 Å². The lowest BCUT2D eigenvalue weighted by atomic mass is 10.1. The smallest absolute Gasteiger partial charge is 0.200 e. The number of hydrogen-bond acceptors (Lipinski definition) is 7. The van der Waals surface area contributed by atoms with Crippen LogP contribution in [0.3, 0.4) is 0 Å². The number of benzene rings is 2. The molecule has 0 amide bonds. The van der Waals surface area contributed by atoms with Crippen LogP contribution in [0.25, 0.3) is 11.0 Å². The Bertz CT molecular complexity index is 1240. The molecule has 30 heavy (non-hydrogen) atoms. The number of sulfone groups is 1. The second kappa shape index (κ2) is 8.01. The van der Waals surface area contributed by atoms with Crippen LogP contribution < -0.4 is 4.90 Å². The summed E-state index contributed by atoms with van der Waals surface area (Å²) in [6.45, 7) is 5.90. The first kappa shape index (κ1) is 20.3. The third-order valence-electron chi connectivity index (χ3n) is 5.37. The van der Waals surface area contributed by atoms with Crippen LogP contribution in [0.2, 0.25) is 0 Å². The molecule has 154 valence electrons. The molecule has 0 saturated carbocycles. The Morgan fingerprint density at radius 3 is 2.33 bits per heavy atom. The van der Waals surface area contributed by atoms with Crippen molar-refractivity contribution in [3.63, 3.8) is 0 Å². The summed E-state index contributed by atoms with van der Waals surface area (Å²) in [5.74, 6) is 0.427. The maximum atomic E-state index is 13.5. The van der Waals surface area contributed by atoms with Crippen molar-refractivity contribution in [2.45, 2.75) is 24.0 Å². The third kappa shape index (κ3) is 3.62. The minimum atomic E-state index is -3.99. The monoisotopic (exact) mass is 422 g/mol. The number of nitriles is 1. The van der Waals surface area contributed by atoms with E-state index in [-0.39, 0.29) is 10.6 Å². The molecule has 2 heterocycles. The number of fused-ring (bicyclic) bond motifs is 1. The zero-order valence-electron chi connectivity index (χ0n) is 16.9. The van der Waals surface area contributed by atoms with Crippen LogP contribution in [0.5, 0.6) is 0 Å². The molecule has 3 aromatic rings. The number of nitrogens with zero attached hydrogens (tertiary/aromatic N) is 4. The van der Waals surface area contributed by atoms with Crippen molar-refractivity contribution in [3.05, 3.63) is 59.3 Å². The first-order valence-electron chi connectivity index (χ1n) is 9.72. The van der Waals surface area contributed by atoms with Gasteiger partial charge in [-0.1, -0.05) is 18.2 Å². The molecular weight excluding hydrogens is 400 g/mol. The van der Waals surface area contributed by atoms with Gasteiger partial charge in [-0.05, 0) is 49.2 Å². The SMILES string of the molecule is Cc1ccc(S(=O)(=O)[C@H](C#N)c2nc3ccccc3nc2N2CCOCC2)cc1C. The molecule has 7 nitrogen and oxygen atoms in total. The number of ether oxygens (including phenoxy) is 1. The maximum Gasteiger partial charge on any atom is 0.200 e. The van der Waals surface area contributed by atoms with Crippen molar-refractivity contribution in [1.82, 2.24) is 9.97 Å². The standard InChI is InChI=1S/C22H22N4O3S/c1-15-7-8-17(13-16(15)2)30(27,28)20(14-23)21-22(26-9-11-29-12-10-26)25-19-6-4-3-5-18(19)24-21/h3-8,13,20H,9-12H2,1-2H3/t20-/m1/s1. The second-order valence-electron chi connectivity index (χ2n) is 7.32. The Kier molecular flexibility index (Phi) is 5.41. The van der Waals surface area contributed by atoms with Gasteiger partial charge in [0.2, 0.25) is 9.84 Å². The Balaban J connectivity index is 1.90. The molecule has 1 saturated heterocycles. The Hall–Kier alpha value is -3.02. The predicted octanol–water partition coefficient (Wildman–Crippen LogP) is 3.12. The molecule has 0 unspecified atom stereocenters. The summed E-state index contributed by atoms with van der Waals surface area (Å²) in [7, 11) is -3.99. The fourth-order valence-corrected chi connectivity index (χ4v) is 4.95. The van der Waals surface area contributed by atoms with Gasteiger partial charge in [0, 0.05) is 13.1 Å². The highest BCUT2D eigenvalue weighted by Crippen LogP contribution is 2.34. The van der Waals surface area contributed by atoms with Crippen LogP contribution in [-0.2, 0) is 14.6 Å². The van der Waals surface area contributed by atoms with Gasteiger partial charge in [-0.25, -0.2) is 18.4 Å². The molecule has 0 N–H and O–H groups in total. The van der Waals surface area contributed by atoms with E-state index in [9.17, 15) is 13.7 Å². The average Bonchev–Trinajstić information content (AvgIpc) is 2.76. The number of morpholine rings is 1. The molecule has 8 heteroatoms. The van der Waals surface area contributed by atoms with Crippen LogP contribution >= 0.6 is 0 Å². The molecule has 2 aromatic carbocycles. The fourth-order valence-electron chi connectivity index (χ4n) is 3.49. The molecule has 0 spiro atoms. The zero-order valence-corrected chi connectivity index (χ0v) is 17.7. The number of aryl methyl sites for hydroxylation is 2. The Labute approximate surface area is 175 Å². The normalized spacial score (nSPS) is 15.7. The quantitative estimate of drug-likeness (QED) is 0.637. The van der Waals surface area contributed by atoms with E-state index in [2.05, 4.69) is 4.98 Å². The summed E-state index contributed by atoms with van der Waals surface area (Å²) in [4.78, 5) is 11.4. The van der Waals surface area contributed by atoms with Crippen molar-refractivity contribution in [2.24, 2.45) is 0 Å². The number of hydrogen-bond donors (Lipinski definition) is 0. The van der Waals surface area contributed by atoms with E-state index in [0.717, 1.165) is 11.1 Å². The molecule has 1 fully saturated rings. The number of anilines is 1. The van der Waals surface area contributed by atoms with Crippen LogP contribution in [0, 0.1) is 25.2 Å². The average molecular weight is 423 g/mol. The summed E-state index contributed by atoms with van der Waals surface area (Å²) in [5, 5.41) is 8.49. The summed E-state index contributed by atoms with van der Waals surface area (Å²) in [6, 6.07) is 14.2. The molecule has 0 bridgehead atoms. The van der Waals surface area contributed by atoms with Gasteiger partial charge in [-0.3, -0.25) is 0 Å². The number of para-hydroxylation sites is 2. The molecule has 0 radical (unpaired) electrons. The summed E-state index contributed by atoms with van der Waals surface area (Å²) in [5.41, 5.74) is 3.21. The lowest BCUT2D eigenvalue weighted by molar-refractivity contribution is 0.122. The Morgan fingerprint density at radius 2 is 1.70 bits per heavy atom. The van der Waals surface area contributed by atoms with Gasteiger partial charge in [0.05, 0.1) is 35.2 Å². The highest BCUT2D eigenvalue weighted by molar-refractivity contribution is 7.92. The van der Waals surface area contributed by atoms with Crippen LogP contribution in [-0.4, -0.2) is 44.7 Å². The second-order valence-corrected chi connectivity index (χ2v) is 9.35. The van der Waals surface area contributed by atoms with Gasteiger partial charge in [-0.2, -0.15) is 5.26 Å². The van der Waals surface area contributed by atoms with E-state index in [1.807, 2.05) is 43.0 Å². The van der Waals surface area contributed by atoms with E-state index >= 15 is 0 Å².